The number of anilines is 1. The molecule has 0 atom stereocenters. The third kappa shape index (κ3) is 1.68. The first kappa shape index (κ1) is 9.66. The van der Waals surface area contributed by atoms with Crippen molar-refractivity contribution in [3.05, 3.63) is 24.0 Å². The fourth-order valence-corrected chi connectivity index (χ4v) is 1.37. The molecule has 0 bridgehead atoms. The molecule has 1 amide bonds. The fourth-order valence-electron chi connectivity index (χ4n) is 1.37. The van der Waals surface area contributed by atoms with Crippen molar-refractivity contribution in [2.75, 3.05) is 5.32 Å². The SMILES string of the molecule is Cc1ncccc1NC(=O)C1(C#N)CC1. The molecule has 0 spiro atoms. The first-order valence-electron chi connectivity index (χ1n) is 4.82. The van der Waals surface area contributed by atoms with Gasteiger partial charge in [0, 0.05) is 6.20 Å². The third-order valence-corrected chi connectivity index (χ3v) is 2.65. The predicted molar refractivity (Wildman–Crippen MR) is 54.9 cm³/mol. The summed E-state index contributed by atoms with van der Waals surface area (Å²) in [5, 5.41) is 11.6. The molecular formula is C11H11N3O. The van der Waals surface area contributed by atoms with Crippen LogP contribution in [0.2, 0.25) is 0 Å². The topological polar surface area (TPSA) is 65.8 Å². The van der Waals surface area contributed by atoms with E-state index in [1.165, 1.54) is 0 Å². The van der Waals surface area contributed by atoms with Crippen LogP contribution in [-0.4, -0.2) is 10.9 Å². The Morgan fingerprint density at radius 2 is 2.40 bits per heavy atom. The van der Waals surface area contributed by atoms with E-state index in [2.05, 4.69) is 16.4 Å². The van der Waals surface area contributed by atoms with E-state index in [-0.39, 0.29) is 5.91 Å². The fraction of sp³-hybridized carbons (Fsp3) is 0.364. The molecule has 4 heteroatoms. The molecule has 76 valence electrons. The standard InChI is InChI=1S/C11H11N3O/c1-8-9(3-2-6-13-8)14-10(15)11(7-12)4-5-11/h2-3,6H,4-5H2,1H3,(H,14,15). The highest BCUT2D eigenvalue weighted by atomic mass is 16.2. The molecule has 4 nitrogen and oxygen atoms in total. The Kier molecular flexibility index (Phi) is 2.16. The van der Waals surface area contributed by atoms with E-state index in [1.54, 1.807) is 18.3 Å². The van der Waals surface area contributed by atoms with Gasteiger partial charge in [0.1, 0.15) is 5.41 Å². The van der Waals surface area contributed by atoms with Gasteiger partial charge in [-0.15, -0.1) is 0 Å². The number of nitrogens with zero attached hydrogens (tertiary/aromatic N) is 2. The van der Waals surface area contributed by atoms with Crippen LogP contribution in [-0.2, 0) is 4.79 Å². The Morgan fingerprint density at radius 1 is 1.67 bits per heavy atom. The average Bonchev–Trinajstić information content (AvgIpc) is 3.02. The van der Waals surface area contributed by atoms with Crippen molar-refractivity contribution < 1.29 is 4.79 Å². The highest BCUT2D eigenvalue weighted by Crippen LogP contribution is 2.45. The number of carbonyl (C=O) groups excluding carboxylic acids is 1. The van der Waals surface area contributed by atoms with E-state index in [0.717, 1.165) is 5.69 Å². The molecule has 1 fully saturated rings. The third-order valence-electron chi connectivity index (χ3n) is 2.65. The van der Waals surface area contributed by atoms with Crippen molar-refractivity contribution in [1.82, 2.24) is 4.98 Å². The van der Waals surface area contributed by atoms with Crippen LogP contribution in [0.5, 0.6) is 0 Å². The van der Waals surface area contributed by atoms with E-state index in [0.29, 0.717) is 18.5 Å². The number of aromatic nitrogens is 1. The molecule has 1 aliphatic carbocycles. The van der Waals surface area contributed by atoms with Gasteiger partial charge in [-0.2, -0.15) is 5.26 Å². The number of nitriles is 1. The summed E-state index contributed by atoms with van der Waals surface area (Å²) in [5.74, 6) is -0.207. The second kappa shape index (κ2) is 3.35. The van der Waals surface area contributed by atoms with Crippen molar-refractivity contribution >= 4 is 11.6 Å². The van der Waals surface area contributed by atoms with Crippen LogP contribution < -0.4 is 5.32 Å². The number of pyridine rings is 1. The van der Waals surface area contributed by atoms with E-state index < -0.39 is 5.41 Å². The van der Waals surface area contributed by atoms with Crippen molar-refractivity contribution in [2.24, 2.45) is 5.41 Å². The van der Waals surface area contributed by atoms with Crippen LogP contribution in [0.15, 0.2) is 18.3 Å². The second-order valence-corrected chi connectivity index (χ2v) is 3.78. The van der Waals surface area contributed by atoms with Crippen molar-refractivity contribution in [3.8, 4) is 6.07 Å². The largest absolute Gasteiger partial charge is 0.323 e. The Bertz CT molecular complexity index is 443. The Labute approximate surface area is 87.9 Å². The summed E-state index contributed by atoms with van der Waals surface area (Å²) in [4.78, 5) is 15.8. The molecule has 2 rings (SSSR count). The van der Waals surface area contributed by atoms with E-state index in [9.17, 15) is 4.79 Å². The van der Waals surface area contributed by atoms with Crippen molar-refractivity contribution in [1.29, 1.82) is 5.26 Å². The lowest BCUT2D eigenvalue weighted by Crippen LogP contribution is -2.23. The number of hydrogen-bond acceptors (Lipinski definition) is 3. The van der Waals surface area contributed by atoms with Crippen LogP contribution >= 0.6 is 0 Å². The van der Waals surface area contributed by atoms with Gasteiger partial charge in [-0.05, 0) is 31.9 Å². The Morgan fingerprint density at radius 3 is 2.93 bits per heavy atom. The number of amides is 1. The van der Waals surface area contributed by atoms with Crippen molar-refractivity contribution in [2.45, 2.75) is 19.8 Å². The summed E-state index contributed by atoms with van der Waals surface area (Å²) in [6.45, 7) is 1.82. The molecule has 0 unspecified atom stereocenters. The lowest BCUT2D eigenvalue weighted by Gasteiger charge is -2.09. The van der Waals surface area contributed by atoms with Gasteiger partial charge in [-0.25, -0.2) is 0 Å². The normalized spacial score (nSPS) is 16.5. The molecule has 1 aliphatic rings. The number of carbonyl (C=O) groups is 1. The minimum Gasteiger partial charge on any atom is -0.323 e. The van der Waals surface area contributed by atoms with Crippen LogP contribution in [0.4, 0.5) is 5.69 Å². The zero-order valence-electron chi connectivity index (χ0n) is 8.45. The van der Waals surface area contributed by atoms with Gasteiger partial charge in [-0.1, -0.05) is 0 Å². The summed E-state index contributed by atoms with van der Waals surface area (Å²) < 4.78 is 0. The molecule has 1 saturated carbocycles. The quantitative estimate of drug-likeness (QED) is 0.790. The predicted octanol–water partition coefficient (Wildman–Crippen LogP) is 1.63. The van der Waals surface area contributed by atoms with Gasteiger partial charge in [0.2, 0.25) is 5.91 Å². The van der Waals surface area contributed by atoms with Crippen LogP contribution in [0.1, 0.15) is 18.5 Å². The van der Waals surface area contributed by atoms with E-state index in [1.807, 2.05) is 6.92 Å². The van der Waals surface area contributed by atoms with Gasteiger partial charge >= 0.3 is 0 Å². The number of hydrogen-bond donors (Lipinski definition) is 1. The summed E-state index contributed by atoms with van der Waals surface area (Å²) >= 11 is 0. The van der Waals surface area contributed by atoms with Gasteiger partial charge in [0.05, 0.1) is 17.5 Å². The summed E-state index contributed by atoms with van der Waals surface area (Å²) in [7, 11) is 0. The maximum Gasteiger partial charge on any atom is 0.244 e. The van der Waals surface area contributed by atoms with Gasteiger partial charge in [0.25, 0.3) is 0 Å². The molecule has 0 saturated heterocycles. The van der Waals surface area contributed by atoms with Gasteiger partial charge < -0.3 is 5.32 Å². The van der Waals surface area contributed by atoms with Gasteiger partial charge in [0.15, 0.2) is 0 Å². The summed E-state index contributed by atoms with van der Waals surface area (Å²) in [6.07, 6.45) is 2.99. The maximum absolute atomic E-state index is 11.7. The zero-order valence-corrected chi connectivity index (χ0v) is 8.45. The van der Waals surface area contributed by atoms with Crippen LogP contribution in [0, 0.1) is 23.7 Å². The molecule has 1 heterocycles. The summed E-state index contributed by atoms with van der Waals surface area (Å²) in [6, 6.07) is 5.60. The number of rotatable bonds is 2. The minimum atomic E-state index is -0.776. The molecule has 1 aromatic heterocycles. The average molecular weight is 201 g/mol. The molecule has 0 aromatic carbocycles. The molecule has 0 aliphatic heterocycles. The summed E-state index contributed by atoms with van der Waals surface area (Å²) in [5.41, 5.74) is 0.672. The van der Waals surface area contributed by atoms with Crippen molar-refractivity contribution in [3.63, 3.8) is 0 Å². The number of aryl methyl sites for hydroxylation is 1. The Hall–Kier alpha value is -1.89. The smallest absolute Gasteiger partial charge is 0.244 e. The van der Waals surface area contributed by atoms with E-state index >= 15 is 0 Å². The monoisotopic (exact) mass is 201 g/mol. The lowest BCUT2D eigenvalue weighted by atomic mass is 10.1. The maximum atomic E-state index is 11.7. The van der Waals surface area contributed by atoms with Crippen LogP contribution in [0.25, 0.3) is 0 Å². The van der Waals surface area contributed by atoms with Crippen LogP contribution in [0.3, 0.4) is 0 Å². The molecule has 1 N–H and O–H groups in total. The number of nitrogens with one attached hydrogen (secondary N) is 1. The van der Waals surface area contributed by atoms with E-state index in [4.69, 9.17) is 5.26 Å². The minimum absolute atomic E-state index is 0.207. The highest BCUT2D eigenvalue weighted by Gasteiger charge is 2.50. The van der Waals surface area contributed by atoms with Gasteiger partial charge in [-0.3, -0.25) is 9.78 Å². The highest BCUT2D eigenvalue weighted by molar-refractivity contribution is 5.99. The first-order chi connectivity index (χ1) is 7.18. The Balaban J connectivity index is 2.14. The second-order valence-electron chi connectivity index (χ2n) is 3.78. The molecule has 0 radical (unpaired) electrons. The first-order valence-corrected chi connectivity index (χ1v) is 4.82. The lowest BCUT2D eigenvalue weighted by molar-refractivity contribution is -0.119. The molecule has 1 aromatic rings. The zero-order chi connectivity index (χ0) is 10.9. The molecular weight excluding hydrogens is 190 g/mol. The molecule has 15 heavy (non-hydrogen) atoms.